The van der Waals surface area contributed by atoms with Crippen LogP contribution in [0.25, 0.3) is 0 Å². The zero-order valence-corrected chi connectivity index (χ0v) is 8.61. The summed E-state index contributed by atoms with van der Waals surface area (Å²) in [5, 5.41) is 17.8. The third-order valence-electron chi connectivity index (χ3n) is 2.02. The van der Waals surface area contributed by atoms with Crippen LogP contribution in [0.1, 0.15) is 22.3 Å². The molecule has 5 nitrogen and oxygen atoms in total. The van der Waals surface area contributed by atoms with Crippen molar-refractivity contribution in [2.45, 2.75) is 6.43 Å². The highest BCUT2D eigenvalue weighted by Crippen LogP contribution is 2.35. The van der Waals surface area contributed by atoms with Crippen LogP contribution in [0.3, 0.4) is 0 Å². The molecule has 0 radical (unpaired) electrons. The molecule has 0 unspecified atom stereocenters. The van der Waals surface area contributed by atoms with E-state index < -0.39 is 35.1 Å². The minimum absolute atomic E-state index is 0.136. The van der Waals surface area contributed by atoms with Crippen molar-refractivity contribution in [1.82, 2.24) is 0 Å². The Morgan fingerprint density at radius 1 is 1.35 bits per heavy atom. The summed E-state index contributed by atoms with van der Waals surface area (Å²) in [4.78, 5) is 21.6. The lowest BCUT2D eigenvalue weighted by molar-refractivity contribution is -0.131. The van der Waals surface area contributed by atoms with E-state index in [2.05, 4.69) is 4.74 Å². The van der Waals surface area contributed by atoms with Crippen molar-refractivity contribution >= 4 is 11.8 Å². The average molecular weight is 246 g/mol. The van der Waals surface area contributed by atoms with E-state index in [0.29, 0.717) is 0 Å². The Balaban J connectivity index is 3.44. The number of aliphatic carboxylic acids is 1. The van der Waals surface area contributed by atoms with Crippen LogP contribution < -0.4 is 4.74 Å². The summed E-state index contributed by atoms with van der Waals surface area (Å²) >= 11 is 0. The van der Waals surface area contributed by atoms with E-state index in [1.165, 1.54) is 0 Å². The smallest absolute Gasteiger partial charge is 0.377 e. The van der Waals surface area contributed by atoms with Crippen LogP contribution in [0.5, 0.6) is 11.5 Å². The van der Waals surface area contributed by atoms with Gasteiger partial charge < -0.3 is 14.9 Å². The molecule has 0 aliphatic rings. The molecule has 92 valence electrons. The SMILES string of the molecule is COc1cc(C(=O)C(=O)O)c(O)c(C(F)F)c1. The van der Waals surface area contributed by atoms with Gasteiger partial charge in [0.1, 0.15) is 11.5 Å². The fourth-order valence-electron chi connectivity index (χ4n) is 1.20. The zero-order valence-electron chi connectivity index (χ0n) is 8.61. The van der Waals surface area contributed by atoms with Crippen molar-refractivity contribution in [2.24, 2.45) is 0 Å². The largest absolute Gasteiger partial charge is 0.507 e. The second-order valence-corrected chi connectivity index (χ2v) is 3.05. The van der Waals surface area contributed by atoms with E-state index in [-0.39, 0.29) is 5.75 Å². The highest BCUT2D eigenvalue weighted by atomic mass is 19.3. The molecule has 17 heavy (non-hydrogen) atoms. The van der Waals surface area contributed by atoms with Crippen molar-refractivity contribution < 1.29 is 33.3 Å². The number of carboxylic acids is 1. The molecule has 0 atom stereocenters. The number of benzene rings is 1. The first-order valence-electron chi connectivity index (χ1n) is 4.35. The Hall–Kier alpha value is -2.18. The normalized spacial score (nSPS) is 10.4. The molecule has 0 bridgehead atoms. The fourth-order valence-corrected chi connectivity index (χ4v) is 1.20. The number of halogens is 2. The predicted molar refractivity (Wildman–Crippen MR) is 51.6 cm³/mol. The summed E-state index contributed by atoms with van der Waals surface area (Å²) in [5.74, 6) is -4.52. The van der Waals surface area contributed by atoms with Crippen LogP contribution in [0.4, 0.5) is 8.78 Å². The van der Waals surface area contributed by atoms with Gasteiger partial charge in [0.25, 0.3) is 12.2 Å². The Morgan fingerprint density at radius 2 is 1.94 bits per heavy atom. The molecule has 1 aromatic carbocycles. The number of hydrogen-bond donors (Lipinski definition) is 2. The molecule has 0 aromatic heterocycles. The zero-order chi connectivity index (χ0) is 13.2. The number of phenolic OH excluding ortho intramolecular Hbond substituents is 1. The van der Waals surface area contributed by atoms with Crippen molar-refractivity contribution in [3.05, 3.63) is 23.3 Å². The van der Waals surface area contributed by atoms with Crippen LogP contribution in [0.2, 0.25) is 0 Å². The number of alkyl halides is 2. The lowest BCUT2D eigenvalue weighted by Crippen LogP contribution is -2.13. The van der Waals surface area contributed by atoms with Gasteiger partial charge in [-0.3, -0.25) is 4.79 Å². The molecule has 0 heterocycles. The summed E-state index contributed by atoms with van der Waals surface area (Å²) in [6, 6.07) is 1.72. The molecular formula is C10H8F2O5. The van der Waals surface area contributed by atoms with Crippen LogP contribution in [0.15, 0.2) is 12.1 Å². The van der Waals surface area contributed by atoms with Crippen molar-refractivity contribution in [3.63, 3.8) is 0 Å². The van der Waals surface area contributed by atoms with Crippen LogP contribution in [-0.2, 0) is 4.79 Å². The number of carbonyl (C=O) groups is 2. The Bertz CT molecular complexity index is 470. The third-order valence-corrected chi connectivity index (χ3v) is 2.02. The number of ether oxygens (including phenoxy) is 1. The van der Waals surface area contributed by atoms with E-state index in [9.17, 15) is 23.5 Å². The molecule has 0 aliphatic carbocycles. The molecule has 0 spiro atoms. The fraction of sp³-hybridized carbons (Fsp3) is 0.200. The summed E-state index contributed by atoms with van der Waals surface area (Å²) in [6.45, 7) is 0. The lowest BCUT2D eigenvalue weighted by Gasteiger charge is -2.10. The first-order chi connectivity index (χ1) is 7.88. The number of carboxylic acid groups (broad SMARTS) is 1. The van der Waals surface area contributed by atoms with Gasteiger partial charge in [-0.25, -0.2) is 13.6 Å². The van der Waals surface area contributed by atoms with Gasteiger partial charge in [0.15, 0.2) is 0 Å². The van der Waals surface area contributed by atoms with Crippen LogP contribution >= 0.6 is 0 Å². The quantitative estimate of drug-likeness (QED) is 0.622. The van der Waals surface area contributed by atoms with Crippen LogP contribution in [-0.4, -0.2) is 29.1 Å². The molecule has 7 heteroatoms. The van der Waals surface area contributed by atoms with Crippen LogP contribution in [0, 0.1) is 0 Å². The van der Waals surface area contributed by atoms with Crippen molar-refractivity contribution in [3.8, 4) is 11.5 Å². The standard InChI is InChI=1S/C10H8F2O5/c1-17-4-2-5(8(14)10(15)16)7(13)6(3-4)9(11)12/h2-3,9,13H,1H3,(H,15,16). The van der Waals surface area contributed by atoms with E-state index >= 15 is 0 Å². The highest BCUT2D eigenvalue weighted by molar-refractivity contribution is 6.40. The number of aromatic hydroxyl groups is 1. The van der Waals surface area contributed by atoms with E-state index in [4.69, 9.17) is 5.11 Å². The van der Waals surface area contributed by atoms with Gasteiger partial charge in [-0.15, -0.1) is 0 Å². The van der Waals surface area contributed by atoms with Crippen molar-refractivity contribution in [1.29, 1.82) is 0 Å². The molecule has 1 aromatic rings. The Morgan fingerprint density at radius 3 is 2.35 bits per heavy atom. The maximum Gasteiger partial charge on any atom is 0.377 e. The molecule has 0 fully saturated rings. The summed E-state index contributed by atoms with van der Waals surface area (Å²) < 4.78 is 29.7. The average Bonchev–Trinajstić information content (AvgIpc) is 2.27. The van der Waals surface area contributed by atoms with Gasteiger partial charge in [0.05, 0.1) is 18.2 Å². The molecule has 0 saturated heterocycles. The van der Waals surface area contributed by atoms with E-state index in [0.717, 1.165) is 19.2 Å². The number of Topliss-reactive ketones (excluding diaryl/α,β-unsaturated/α-hetero) is 1. The molecule has 1 rings (SSSR count). The second-order valence-electron chi connectivity index (χ2n) is 3.05. The minimum atomic E-state index is -3.05. The van der Waals surface area contributed by atoms with Crippen molar-refractivity contribution in [2.75, 3.05) is 7.11 Å². The molecule has 0 amide bonds. The first kappa shape index (κ1) is 12.9. The maximum atomic E-state index is 12.5. The van der Waals surface area contributed by atoms with Gasteiger partial charge in [-0.1, -0.05) is 0 Å². The molecule has 0 saturated carbocycles. The molecule has 0 aliphatic heterocycles. The second kappa shape index (κ2) is 4.77. The Labute approximate surface area is 94.2 Å². The predicted octanol–water partition coefficient (Wildman–Crippen LogP) is 1.61. The monoisotopic (exact) mass is 246 g/mol. The lowest BCUT2D eigenvalue weighted by atomic mass is 10.0. The van der Waals surface area contributed by atoms with Gasteiger partial charge in [-0.05, 0) is 12.1 Å². The molecular weight excluding hydrogens is 238 g/mol. The number of methoxy groups -OCH3 is 1. The van der Waals surface area contributed by atoms with Gasteiger partial charge in [0.2, 0.25) is 0 Å². The number of rotatable bonds is 4. The van der Waals surface area contributed by atoms with E-state index in [1.807, 2.05) is 0 Å². The number of phenols is 1. The maximum absolute atomic E-state index is 12.5. The third kappa shape index (κ3) is 2.49. The summed E-state index contributed by atoms with van der Waals surface area (Å²) in [7, 11) is 1.16. The first-order valence-corrected chi connectivity index (χ1v) is 4.35. The van der Waals surface area contributed by atoms with Gasteiger partial charge in [0, 0.05) is 0 Å². The molecule has 2 N–H and O–H groups in total. The highest BCUT2D eigenvalue weighted by Gasteiger charge is 2.25. The summed E-state index contributed by atoms with van der Waals surface area (Å²) in [6.07, 6.45) is -3.05. The van der Waals surface area contributed by atoms with Gasteiger partial charge >= 0.3 is 5.97 Å². The summed E-state index contributed by atoms with van der Waals surface area (Å²) in [5.41, 5.74) is -1.58. The Kier molecular flexibility index (Phi) is 3.62. The minimum Gasteiger partial charge on any atom is -0.507 e. The number of carbonyl (C=O) groups excluding carboxylic acids is 1. The number of ketones is 1. The number of hydrogen-bond acceptors (Lipinski definition) is 4. The van der Waals surface area contributed by atoms with Gasteiger partial charge in [-0.2, -0.15) is 0 Å². The van der Waals surface area contributed by atoms with E-state index in [1.54, 1.807) is 0 Å². The topological polar surface area (TPSA) is 83.8 Å².